The number of halogens is 1. The number of ether oxygens (including phenoxy) is 1. The summed E-state index contributed by atoms with van der Waals surface area (Å²) in [5.41, 5.74) is 0.529. The molecule has 0 aliphatic carbocycles. The van der Waals surface area contributed by atoms with Crippen LogP contribution in [0.4, 0.5) is 15.8 Å². The first-order valence-electron chi connectivity index (χ1n) is 9.01. The van der Waals surface area contributed by atoms with Gasteiger partial charge in [0, 0.05) is 0 Å². The Morgan fingerprint density at radius 2 is 1.72 bits per heavy atom. The molecule has 0 aliphatic heterocycles. The number of benzene rings is 2. The number of anilines is 2. The van der Waals surface area contributed by atoms with Gasteiger partial charge in [0.1, 0.15) is 11.9 Å². The van der Waals surface area contributed by atoms with Crippen LogP contribution < -0.4 is 9.62 Å². The third-order valence-electron chi connectivity index (χ3n) is 4.09. The van der Waals surface area contributed by atoms with Gasteiger partial charge in [-0.1, -0.05) is 19.1 Å². The van der Waals surface area contributed by atoms with Crippen LogP contribution in [0.3, 0.4) is 0 Å². The fourth-order valence-corrected chi connectivity index (χ4v) is 4.06. The van der Waals surface area contributed by atoms with Crippen LogP contribution in [0.1, 0.15) is 30.6 Å². The van der Waals surface area contributed by atoms with Crippen LogP contribution in [-0.2, 0) is 19.6 Å². The van der Waals surface area contributed by atoms with Gasteiger partial charge in [-0.15, -0.1) is 0 Å². The van der Waals surface area contributed by atoms with Crippen LogP contribution in [0.5, 0.6) is 0 Å². The molecule has 0 saturated heterocycles. The van der Waals surface area contributed by atoms with Crippen LogP contribution in [0, 0.1) is 5.82 Å². The highest BCUT2D eigenvalue weighted by molar-refractivity contribution is 7.92. The molecule has 0 heterocycles. The number of carbonyl (C=O) groups is 2. The summed E-state index contributed by atoms with van der Waals surface area (Å²) in [5, 5.41) is 2.61. The lowest BCUT2D eigenvalue weighted by atomic mass is 10.1. The van der Waals surface area contributed by atoms with E-state index in [0.717, 1.165) is 22.7 Å². The third-order valence-corrected chi connectivity index (χ3v) is 5.27. The number of carbonyl (C=O) groups excluding carboxylic acids is 2. The predicted molar refractivity (Wildman–Crippen MR) is 109 cm³/mol. The average molecular weight is 422 g/mol. The SMILES string of the molecule is CCOC(=O)c1ccccc1NC(=O)[C@H](CC)N(c1ccc(F)cc1)S(C)(=O)=O. The van der Waals surface area contributed by atoms with Gasteiger partial charge in [0.15, 0.2) is 0 Å². The zero-order valence-corrected chi connectivity index (χ0v) is 17.2. The first-order chi connectivity index (χ1) is 13.7. The number of esters is 1. The zero-order chi connectivity index (χ0) is 21.6. The summed E-state index contributed by atoms with van der Waals surface area (Å²) in [6.45, 7) is 3.49. The fourth-order valence-electron chi connectivity index (χ4n) is 2.84. The van der Waals surface area contributed by atoms with Crippen molar-refractivity contribution in [2.45, 2.75) is 26.3 Å². The normalized spacial score (nSPS) is 12.1. The summed E-state index contributed by atoms with van der Waals surface area (Å²) in [6.07, 6.45) is 1.12. The van der Waals surface area contributed by atoms with Gasteiger partial charge in [0.05, 0.1) is 29.8 Å². The zero-order valence-electron chi connectivity index (χ0n) is 16.4. The van der Waals surface area contributed by atoms with E-state index in [1.165, 1.54) is 24.3 Å². The van der Waals surface area contributed by atoms with Crippen molar-refractivity contribution in [2.75, 3.05) is 22.5 Å². The highest BCUT2D eigenvalue weighted by atomic mass is 32.2. The van der Waals surface area contributed by atoms with Crippen LogP contribution in [0.2, 0.25) is 0 Å². The number of hydrogen-bond acceptors (Lipinski definition) is 5. The molecule has 0 radical (unpaired) electrons. The van der Waals surface area contributed by atoms with Crippen molar-refractivity contribution in [1.29, 1.82) is 0 Å². The molecule has 29 heavy (non-hydrogen) atoms. The minimum Gasteiger partial charge on any atom is -0.462 e. The molecular weight excluding hydrogens is 399 g/mol. The van der Waals surface area contributed by atoms with Crippen molar-refractivity contribution < 1.29 is 27.1 Å². The second-order valence-electron chi connectivity index (χ2n) is 6.21. The van der Waals surface area contributed by atoms with Crippen LogP contribution >= 0.6 is 0 Å². The lowest BCUT2D eigenvalue weighted by Crippen LogP contribution is -2.47. The van der Waals surface area contributed by atoms with Gasteiger partial charge >= 0.3 is 5.97 Å². The molecule has 0 aromatic heterocycles. The number of hydrogen-bond donors (Lipinski definition) is 1. The Kier molecular flexibility index (Phi) is 7.33. The molecule has 1 N–H and O–H groups in total. The smallest absolute Gasteiger partial charge is 0.340 e. The van der Waals surface area contributed by atoms with E-state index in [2.05, 4.69) is 5.32 Å². The summed E-state index contributed by atoms with van der Waals surface area (Å²) in [6, 6.07) is 10.0. The summed E-state index contributed by atoms with van der Waals surface area (Å²) in [7, 11) is -3.86. The number of sulfonamides is 1. The lowest BCUT2D eigenvalue weighted by Gasteiger charge is -2.30. The van der Waals surface area contributed by atoms with Crippen LogP contribution in [0.25, 0.3) is 0 Å². The average Bonchev–Trinajstić information content (AvgIpc) is 2.66. The lowest BCUT2D eigenvalue weighted by molar-refractivity contribution is -0.117. The molecule has 0 fully saturated rings. The maximum Gasteiger partial charge on any atom is 0.340 e. The van der Waals surface area contributed by atoms with Crippen LogP contribution in [-0.4, -0.2) is 39.2 Å². The molecule has 0 spiro atoms. The monoisotopic (exact) mass is 422 g/mol. The Hall–Kier alpha value is -2.94. The summed E-state index contributed by atoms with van der Waals surface area (Å²) in [5.74, 6) is -1.75. The van der Waals surface area contributed by atoms with Gasteiger partial charge in [0.2, 0.25) is 15.9 Å². The first kappa shape index (κ1) is 22.4. The largest absolute Gasteiger partial charge is 0.462 e. The van der Waals surface area contributed by atoms with Crippen molar-refractivity contribution in [3.05, 3.63) is 59.9 Å². The van der Waals surface area contributed by atoms with Gasteiger partial charge in [0.25, 0.3) is 0 Å². The number of nitrogens with one attached hydrogen (secondary N) is 1. The highest BCUT2D eigenvalue weighted by Gasteiger charge is 2.32. The van der Waals surface area contributed by atoms with Gasteiger partial charge in [-0.2, -0.15) is 0 Å². The Labute approximate surface area is 169 Å². The highest BCUT2D eigenvalue weighted by Crippen LogP contribution is 2.24. The summed E-state index contributed by atoms with van der Waals surface area (Å²) < 4.78 is 44.0. The van der Waals surface area contributed by atoms with Crippen molar-refractivity contribution in [3.8, 4) is 0 Å². The molecule has 9 heteroatoms. The molecular formula is C20H23FN2O5S. The minimum absolute atomic E-state index is 0.151. The summed E-state index contributed by atoms with van der Waals surface area (Å²) in [4.78, 5) is 25.1. The van der Waals surface area contributed by atoms with Crippen molar-refractivity contribution in [3.63, 3.8) is 0 Å². The molecule has 0 unspecified atom stereocenters. The van der Waals surface area contributed by atoms with E-state index in [1.807, 2.05) is 0 Å². The second-order valence-corrected chi connectivity index (χ2v) is 8.07. The molecule has 1 amide bonds. The maximum atomic E-state index is 13.3. The minimum atomic E-state index is -3.86. The van der Waals surface area contributed by atoms with E-state index < -0.39 is 33.8 Å². The van der Waals surface area contributed by atoms with E-state index in [0.29, 0.717) is 0 Å². The predicted octanol–water partition coefficient (Wildman–Crippen LogP) is 3.19. The van der Waals surface area contributed by atoms with E-state index in [1.54, 1.807) is 26.0 Å². The quantitative estimate of drug-likeness (QED) is 0.660. The summed E-state index contributed by atoms with van der Waals surface area (Å²) >= 11 is 0. The Bertz CT molecular complexity index is 977. The number of rotatable bonds is 8. The van der Waals surface area contributed by atoms with E-state index in [9.17, 15) is 22.4 Å². The molecule has 2 rings (SSSR count). The van der Waals surface area contributed by atoms with Gasteiger partial charge < -0.3 is 10.1 Å². The number of amides is 1. The van der Waals surface area contributed by atoms with Crippen molar-refractivity contribution in [1.82, 2.24) is 0 Å². The third kappa shape index (κ3) is 5.54. The van der Waals surface area contributed by atoms with E-state index >= 15 is 0 Å². The molecule has 0 bridgehead atoms. The first-order valence-corrected chi connectivity index (χ1v) is 10.9. The Morgan fingerprint density at radius 3 is 2.28 bits per heavy atom. The second kappa shape index (κ2) is 9.51. The topological polar surface area (TPSA) is 92.8 Å². The fraction of sp³-hybridized carbons (Fsp3) is 0.300. The van der Waals surface area contributed by atoms with Gasteiger partial charge in [-0.05, 0) is 49.7 Å². The number of nitrogens with zero attached hydrogens (tertiary/aromatic N) is 1. The molecule has 7 nitrogen and oxygen atoms in total. The molecule has 2 aromatic carbocycles. The van der Waals surface area contributed by atoms with E-state index in [4.69, 9.17) is 4.74 Å². The van der Waals surface area contributed by atoms with Crippen molar-refractivity contribution >= 4 is 33.3 Å². The number of para-hydroxylation sites is 1. The molecule has 0 aliphatic rings. The van der Waals surface area contributed by atoms with Gasteiger partial charge in [-0.3, -0.25) is 9.10 Å². The molecule has 0 saturated carbocycles. The molecule has 2 aromatic rings. The Balaban J connectivity index is 2.39. The standard InChI is InChI=1S/C20H23FN2O5S/c1-4-18(23(29(3,26)27)15-12-10-14(21)11-13-15)19(24)22-17-9-7-6-8-16(17)20(25)28-5-2/h6-13,18H,4-5H2,1-3H3,(H,22,24)/t18-/m0/s1. The van der Waals surface area contributed by atoms with Gasteiger partial charge in [-0.25, -0.2) is 17.6 Å². The maximum absolute atomic E-state index is 13.3. The Morgan fingerprint density at radius 1 is 1.10 bits per heavy atom. The molecule has 1 atom stereocenters. The van der Waals surface area contributed by atoms with Crippen molar-refractivity contribution in [2.24, 2.45) is 0 Å². The van der Waals surface area contributed by atoms with Crippen LogP contribution in [0.15, 0.2) is 48.5 Å². The van der Waals surface area contributed by atoms with E-state index in [-0.39, 0.29) is 30.0 Å². The molecule has 156 valence electrons.